The van der Waals surface area contributed by atoms with Gasteiger partial charge < -0.3 is 0 Å². The Kier molecular flexibility index (Phi) is 4.05. The van der Waals surface area contributed by atoms with Gasteiger partial charge in [-0.2, -0.15) is 4.42 Å². The number of halogens is 1. The largest absolute Gasteiger partial charge is 0.277 e. The smallest absolute Gasteiger partial charge is 0.243 e. The van der Waals surface area contributed by atoms with Crippen LogP contribution in [0.5, 0.6) is 0 Å². The van der Waals surface area contributed by atoms with Crippen LogP contribution in [0.4, 0.5) is 0 Å². The molecule has 0 aromatic rings. The van der Waals surface area contributed by atoms with E-state index in [2.05, 4.69) is 0 Å². The molecule has 9 heavy (non-hydrogen) atoms. The van der Waals surface area contributed by atoms with Crippen molar-refractivity contribution in [2.75, 3.05) is 0 Å². The van der Waals surface area contributed by atoms with Gasteiger partial charge >= 0.3 is 0 Å². The molecule has 0 N–H and O–H groups in total. The normalized spacial score (nSPS) is 8.67. The Balaban J connectivity index is 3.58. The number of hydrogen-bond acceptors (Lipinski definition) is 2. The van der Waals surface area contributed by atoms with Crippen LogP contribution in [0.2, 0.25) is 0 Å². The van der Waals surface area contributed by atoms with Crippen LogP contribution in [0.25, 0.3) is 0 Å². The predicted octanol–water partition coefficient (Wildman–Crippen LogP) is 0.925. The Hall–Kier alpha value is -0.570. The first-order chi connectivity index (χ1) is 4.22. The molecule has 0 saturated carbocycles. The Bertz CT molecular complexity index is 116. The van der Waals surface area contributed by atoms with E-state index in [-0.39, 0.29) is 5.91 Å². The number of imide groups is 1. The van der Waals surface area contributed by atoms with Gasteiger partial charge in [0.15, 0.2) is 0 Å². The zero-order valence-corrected chi connectivity index (χ0v) is 5.89. The van der Waals surface area contributed by atoms with Crippen LogP contribution in [-0.2, 0) is 9.59 Å². The molecule has 0 aliphatic carbocycles. The zero-order chi connectivity index (χ0) is 7.28. The second kappa shape index (κ2) is 4.32. The van der Waals surface area contributed by atoms with Gasteiger partial charge in [-0.3, -0.25) is 9.59 Å². The number of rotatable bonds is 3. The summed E-state index contributed by atoms with van der Waals surface area (Å²) in [7, 11) is 0. The average molecular weight is 150 g/mol. The van der Waals surface area contributed by atoms with Crippen molar-refractivity contribution in [3.63, 3.8) is 0 Å². The Labute approximate surface area is 58.7 Å². The second-order valence-corrected chi connectivity index (χ2v) is 1.92. The highest BCUT2D eigenvalue weighted by atomic mass is 35.5. The van der Waals surface area contributed by atoms with Crippen LogP contribution in [-0.4, -0.2) is 16.7 Å². The molecule has 0 bridgehead atoms. The molecule has 3 nitrogen and oxygen atoms in total. The number of carbonyl (C=O) groups is 2. The van der Waals surface area contributed by atoms with Gasteiger partial charge in [-0.1, -0.05) is 6.92 Å². The van der Waals surface area contributed by atoms with Crippen LogP contribution in [0.3, 0.4) is 0 Å². The number of carbonyl (C=O) groups excluding carboxylic acids is 2. The lowest BCUT2D eigenvalue weighted by atomic mass is 10.3. The lowest BCUT2D eigenvalue weighted by Crippen LogP contribution is -2.18. The van der Waals surface area contributed by atoms with Crippen molar-refractivity contribution < 1.29 is 9.59 Å². The fourth-order valence-electron chi connectivity index (χ4n) is 0.379. The van der Waals surface area contributed by atoms with Gasteiger partial charge in [0.25, 0.3) is 0 Å². The molecule has 0 spiro atoms. The van der Waals surface area contributed by atoms with Crippen molar-refractivity contribution in [1.82, 2.24) is 4.42 Å². The molecule has 0 atom stereocenters. The summed E-state index contributed by atoms with van der Waals surface area (Å²) in [5.41, 5.74) is 0. The van der Waals surface area contributed by atoms with Crippen LogP contribution in [0, 0.1) is 0 Å². The molecule has 0 unspecified atom stereocenters. The molecule has 0 saturated heterocycles. The first-order valence-electron chi connectivity index (χ1n) is 2.65. The third-order valence-corrected chi connectivity index (χ3v) is 1.06. The predicted molar refractivity (Wildman–Crippen MR) is 33.7 cm³/mol. The Morgan fingerprint density at radius 3 is 2.67 bits per heavy atom. The summed E-state index contributed by atoms with van der Waals surface area (Å²) in [5, 5.41) is 0. The first-order valence-corrected chi connectivity index (χ1v) is 2.99. The van der Waals surface area contributed by atoms with Crippen LogP contribution in [0.15, 0.2) is 0 Å². The molecule has 0 radical (unpaired) electrons. The van der Waals surface area contributed by atoms with Gasteiger partial charge in [-0.15, -0.1) is 0 Å². The molecule has 2 amide bonds. The van der Waals surface area contributed by atoms with E-state index in [9.17, 15) is 9.59 Å². The maximum Gasteiger partial charge on any atom is 0.243 e. The number of amides is 2. The molecule has 4 heteroatoms. The Morgan fingerprint density at radius 1 is 1.78 bits per heavy atom. The second-order valence-electron chi connectivity index (χ2n) is 1.56. The average Bonchev–Trinajstić information content (AvgIpc) is 1.87. The van der Waals surface area contributed by atoms with Gasteiger partial charge in [0, 0.05) is 18.2 Å². The molecule has 0 fully saturated rings. The van der Waals surface area contributed by atoms with Crippen molar-refractivity contribution in [3.05, 3.63) is 0 Å². The summed E-state index contributed by atoms with van der Waals surface area (Å²) in [6.07, 6.45) is 1.32. The lowest BCUT2D eigenvalue weighted by Gasteiger charge is -2.01. The minimum Gasteiger partial charge on any atom is -0.277 e. The fraction of sp³-hybridized carbons (Fsp3) is 0.600. The van der Waals surface area contributed by atoms with Crippen molar-refractivity contribution in [2.45, 2.75) is 19.8 Å². The maximum atomic E-state index is 10.5. The molecule has 0 aliphatic heterocycles. The van der Waals surface area contributed by atoms with Gasteiger partial charge in [-0.05, 0) is 6.42 Å². The third kappa shape index (κ3) is 3.08. The first kappa shape index (κ1) is 8.43. The summed E-state index contributed by atoms with van der Waals surface area (Å²) >= 11 is 5.11. The molecule has 0 aromatic carbocycles. The molecule has 0 aliphatic rings. The summed E-state index contributed by atoms with van der Waals surface area (Å²) in [4.78, 5) is 20.3. The van der Waals surface area contributed by atoms with Crippen molar-refractivity contribution in [2.24, 2.45) is 0 Å². The molecule has 52 valence electrons. The molecule has 0 heterocycles. The SMILES string of the molecule is CCCC(=O)N(Cl)C=O. The van der Waals surface area contributed by atoms with E-state index in [0.717, 1.165) is 0 Å². The van der Waals surface area contributed by atoms with Crippen molar-refractivity contribution >= 4 is 24.1 Å². The van der Waals surface area contributed by atoms with Gasteiger partial charge in [0.2, 0.25) is 12.3 Å². The third-order valence-electron chi connectivity index (χ3n) is 0.795. The highest BCUT2D eigenvalue weighted by Crippen LogP contribution is 1.96. The summed E-state index contributed by atoms with van der Waals surface area (Å²) in [6.45, 7) is 1.84. The topological polar surface area (TPSA) is 37.4 Å². The number of hydrogen-bond donors (Lipinski definition) is 0. The standard InChI is InChI=1S/C5H8ClNO2/c1-2-3-5(9)7(6)4-8/h4H,2-3H2,1H3. The molecular weight excluding hydrogens is 142 g/mol. The zero-order valence-electron chi connectivity index (χ0n) is 5.13. The summed E-state index contributed by atoms with van der Waals surface area (Å²) in [5.74, 6) is -0.353. The van der Waals surface area contributed by atoms with Gasteiger partial charge in [0.1, 0.15) is 0 Å². The van der Waals surface area contributed by atoms with E-state index in [1.54, 1.807) is 0 Å². The van der Waals surface area contributed by atoms with E-state index >= 15 is 0 Å². The summed E-state index contributed by atoms with van der Waals surface area (Å²) < 4.78 is 0.531. The van der Waals surface area contributed by atoms with Crippen molar-refractivity contribution in [3.8, 4) is 0 Å². The highest BCUT2D eigenvalue weighted by molar-refractivity contribution is 6.26. The van der Waals surface area contributed by atoms with E-state index in [1.165, 1.54) is 0 Å². The van der Waals surface area contributed by atoms with Gasteiger partial charge in [0.05, 0.1) is 0 Å². The van der Waals surface area contributed by atoms with Crippen LogP contribution >= 0.6 is 11.8 Å². The summed E-state index contributed by atoms with van der Waals surface area (Å²) in [6, 6.07) is 0. The van der Waals surface area contributed by atoms with Gasteiger partial charge in [-0.25, -0.2) is 0 Å². The van der Waals surface area contributed by atoms with Crippen LogP contribution < -0.4 is 0 Å². The highest BCUT2D eigenvalue weighted by Gasteiger charge is 2.06. The minimum atomic E-state index is -0.353. The van der Waals surface area contributed by atoms with E-state index in [1.807, 2.05) is 6.92 Å². The Morgan fingerprint density at radius 2 is 2.33 bits per heavy atom. The quantitative estimate of drug-likeness (QED) is 0.442. The molecule has 0 aromatic heterocycles. The number of nitrogens with zero attached hydrogens (tertiary/aromatic N) is 1. The molecule has 0 rings (SSSR count). The van der Waals surface area contributed by atoms with Crippen molar-refractivity contribution in [1.29, 1.82) is 0 Å². The van der Waals surface area contributed by atoms with Crippen LogP contribution in [0.1, 0.15) is 19.8 Å². The molecular formula is C5H8ClNO2. The van der Waals surface area contributed by atoms with E-state index in [4.69, 9.17) is 11.8 Å². The monoisotopic (exact) mass is 149 g/mol. The minimum absolute atomic E-state index is 0.291. The van der Waals surface area contributed by atoms with E-state index in [0.29, 0.717) is 23.7 Å². The maximum absolute atomic E-state index is 10.5. The van der Waals surface area contributed by atoms with E-state index < -0.39 is 0 Å². The fourth-order valence-corrected chi connectivity index (χ4v) is 0.464. The lowest BCUT2D eigenvalue weighted by molar-refractivity contribution is -0.132.